The van der Waals surface area contributed by atoms with E-state index >= 15 is 0 Å². The molecule has 6 nitrogen and oxygen atoms in total. The molecule has 0 spiro atoms. The van der Waals surface area contributed by atoms with Gasteiger partial charge in [0.15, 0.2) is 11.5 Å². The van der Waals surface area contributed by atoms with Crippen LogP contribution in [0.25, 0.3) is 10.9 Å². The van der Waals surface area contributed by atoms with Crippen LogP contribution in [0.2, 0.25) is 0 Å². The Labute approximate surface area is 144 Å². The molecule has 0 saturated heterocycles. The van der Waals surface area contributed by atoms with E-state index in [1.807, 2.05) is 0 Å². The second-order valence-electron chi connectivity index (χ2n) is 5.09. The maximum absolute atomic E-state index is 8.84. The molecule has 1 aromatic heterocycles. The average Bonchev–Trinajstić information content (AvgIpc) is 2.65. The van der Waals surface area contributed by atoms with Crippen molar-refractivity contribution in [1.29, 1.82) is 5.26 Å². The summed E-state index contributed by atoms with van der Waals surface area (Å²) in [6.45, 7) is 0. The quantitative estimate of drug-likeness (QED) is 0.726. The second kappa shape index (κ2) is 6.77. The molecule has 2 N–H and O–H groups in total. The molecule has 0 bridgehead atoms. The van der Waals surface area contributed by atoms with Crippen molar-refractivity contribution < 1.29 is 9.47 Å². The number of hydrogen-bond acceptors (Lipinski definition) is 6. The summed E-state index contributed by atoms with van der Waals surface area (Å²) in [4.78, 5) is 8.45. The Morgan fingerprint density at radius 1 is 0.920 bits per heavy atom. The normalized spacial score (nSPS) is 9.80. The molecule has 0 amide bonds. The first-order chi connectivity index (χ1) is 12.1. The van der Waals surface area contributed by atoms with Gasteiger partial charge < -0.3 is 15.2 Å². The van der Waals surface area contributed by atoms with Crippen LogP contribution < -0.4 is 15.2 Å². The third-order valence-electron chi connectivity index (χ3n) is 3.56. The lowest BCUT2D eigenvalue weighted by Gasteiger charge is -2.09. The van der Waals surface area contributed by atoms with Crippen LogP contribution in [0.1, 0.15) is 16.8 Å². The van der Waals surface area contributed by atoms with Gasteiger partial charge in [-0.25, -0.2) is 9.97 Å². The minimum Gasteiger partial charge on any atom is -0.493 e. The smallest absolute Gasteiger partial charge is 0.221 e. The molecule has 3 aromatic rings. The number of nitriles is 1. The molecule has 0 radical (unpaired) electrons. The van der Waals surface area contributed by atoms with Crippen molar-refractivity contribution in [3.8, 4) is 29.4 Å². The van der Waals surface area contributed by atoms with Gasteiger partial charge in [0.2, 0.25) is 5.95 Å². The van der Waals surface area contributed by atoms with Gasteiger partial charge in [-0.05, 0) is 36.3 Å². The number of nitrogen functional groups attached to an aromatic ring is 1. The maximum Gasteiger partial charge on any atom is 0.221 e. The summed E-state index contributed by atoms with van der Waals surface area (Å²) < 4.78 is 10.6. The van der Waals surface area contributed by atoms with Crippen LogP contribution in [0.5, 0.6) is 11.5 Å². The Bertz CT molecular complexity index is 1040. The van der Waals surface area contributed by atoms with Crippen LogP contribution in [-0.4, -0.2) is 24.2 Å². The Hall–Kier alpha value is -3.77. The summed E-state index contributed by atoms with van der Waals surface area (Å²) in [5.41, 5.74) is 8.26. The van der Waals surface area contributed by atoms with Gasteiger partial charge in [0.05, 0.1) is 31.4 Å². The minimum absolute atomic E-state index is 0.129. The molecule has 25 heavy (non-hydrogen) atoms. The van der Waals surface area contributed by atoms with Crippen molar-refractivity contribution in [2.75, 3.05) is 20.0 Å². The van der Waals surface area contributed by atoms with Crippen molar-refractivity contribution in [3.05, 3.63) is 53.2 Å². The number of anilines is 1. The number of fused-ring (bicyclic) bond motifs is 1. The third-order valence-corrected chi connectivity index (χ3v) is 3.56. The van der Waals surface area contributed by atoms with E-state index in [2.05, 4.69) is 27.9 Å². The zero-order valence-electron chi connectivity index (χ0n) is 13.7. The van der Waals surface area contributed by atoms with Crippen LogP contribution in [0.3, 0.4) is 0 Å². The second-order valence-corrected chi connectivity index (χ2v) is 5.09. The molecule has 122 valence electrons. The summed E-state index contributed by atoms with van der Waals surface area (Å²) in [5, 5.41) is 9.55. The molecule has 0 aliphatic heterocycles. The largest absolute Gasteiger partial charge is 0.493 e. The highest BCUT2D eigenvalue weighted by Gasteiger charge is 2.11. The third kappa shape index (κ3) is 3.29. The van der Waals surface area contributed by atoms with E-state index in [4.69, 9.17) is 20.5 Å². The predicted octanol–water partition coefficient (Wildman–Crippen LogP) is 2.50. The highest BCUT2D eigenvalue weighted by atomic mass is 16.5. The lowest BCUT2D eigenvalue weighted by Crippen LogP contribution is -2.00. The molecule has 3 rings (SSSR count). The fraction of sp³-hybridized carbons (Fsp3) is 0.105. The molecule has 0 fully saturated rings. The van der Waals surface area contributed by atoms with Gasteiger partial charge in [-0.2, -0.15) is 5.26 Å². The Morgan fingerprint density at radius 2 is 1.56 bits per heavy atom. The van der Waals surface area contributed by atoms with E-state index in [1.165, 1.54) is 0 Å². The topological polar surface area (TPSA) is 94.0 Å². The first kappa shape index (κ1) is 16.1. The number of hydrogen-bond donors (Lipinski definition) is 1. The standard InChI is InChI=1S/C19H14N4O2/c1-24-17-9-14-15(8-7-12-3-5-13(11-20)6-4-12)22-19(21)23-16(14)10-18(17)25-2/h3-6,9-10H,1-2H3,(H2,21,22,23). The highest BCUT2D eigenvalue weighted by Crippen LogP contribution is 2.32. The van der Waals surface area contributed by atoms with Crippen LogP contribution in [0.4, 0.5) is 5.95 Å². The van der Waals surface area contributed by atoms with E-state index in [-0.39, 0.29) is 5.95 Å². The average molecular weight is 330 g/mol. The van der Waals surface area contributed by atoms with E-state index in [1.54, 1.807) is 50.6 Å². The van der Waals surface area contributed by atoms with E-state index in [0.29, 0.717) is 33.7 Å². The molecule has 0 saturated carbocycles. The first-order valence-electron chi connectivity index (χ1n) is 7.36. The monoisotopic (exact) mass is 330 g/mol. The fourth-order valence-electron chi connectivity index (χ4n) is 2.33. The Kier molecular flexibility index (Phi) is 4.36. The first-order valence-corrected chi connectivity index (χ1v) is 7.36. The number of nitrogens with two attached hydrogens (primary N) is 1. The van der Waals surface area contributed by atoms with Gasteiger partial charge in [0.25, 0.3) is 0 Å². The predicted molar refractivity (Wildman–Crippen MR) is 94.2 cm³/mol. The highest BCUT2D eigenvalue weighted by molar-refractivity contribution is 5.87. The molecular formula is C19H14N4O2. The summed E-state index contributed by atoms with van der Waals surface area (Å²) in [6.07, 6.45) is 0. The Balaban J connectivity index is 2.12. The summed E-state index contributed by atoms with van der Waals surface area (Å²) in [5.74, 6) is 7.27. The molecule has 0 unspecified atom stereocenters. The van der Waals surface area contributed by atoms with Crippen molar-refractivity contribution in [1.82, 2.24) is 9.97 Å². The fourth-order valence-corrected chi connectivity index (χ4v) is 2.33. The van der Waals surface area contributed by atoms with Crippen molar-refractivity contribution in [3.63, 3.8) is 0 Å². The van der Waals surface area contributed by atoms with Crippen molar-refractivity contribution >= 4 is 16.9 Å². The molecule has 1 heterocycles. The molecule has 0 aliphatic rings. The summed E-state index contributed by atoms with van der Waals surface area (Å²) in [7, 11) is 3.11. The number of benzene rings is 2. The van der Waals surface area contributed by atoms with E-state index in [9.17, 15) is 0 Å². The van der Waals surface area contributed by atoms with Gasteiger partial charge in [0.1, 0.15) is 5.69 Å². The zero-order chi connectivity index (χ0) is 17.8. The molecule has 6 heteroatoms. The molecular weight excluding hydrogens is 316 g/mol. The summed E-state index contributed by atoms with van der Waals surface area (Å²) in [6, 6.07) is 12.6. The van der Waals surface area contributed by atoms with Gasteiger partial charge in [-0.15, -0.1) is 0 Å². The van der Waals surface area contributed by atoms with Gasteiger partial charge in [-0.3, -0.25) is 0 Å². The zero-order valence-corrected chi connectivity index (χ0v) is 13.7. The van der Waals surface area contributed by atoms with E-state index in [0.717, 1.165) is 5.56 Å². The van der Waals surface area contributed by atoms with Crippen LogP contribution in [0.15, 0.2) is 36.4 Å². The van der Waals surface area contributed by atoms with Crippen LogP contribution in [0, 0.1) is 23.2 Å². The van der Waals surface area contributed by atoms with Gasteiger partial charge in [-0.1, -0.05) is 5.92 Å². The Morgan fingerprint density at radius 3 is 2.20 bits per heavy atom. The summed E-state index contributed by atoms with van der Waals surface area (Å²) >= 11 is 0. The van der Waals surface area contributed by atoms with Crippen LogP contribution >= 0.6 is 0 Å². The van der Waals surface area contributed by atoms with Gasteiger partial charge >= 0.3 is 0 Å². The van der Waals surface area contributed by atoms with Gasteiger partial charge in [0, 0.05) is 17.0 Å². The van der Waals surface area contributed by atoms with Crippen molar-refractivity contribution in [2.24, 2.45) is 0 Å². The SMILES string of the molecule is COc1cc2nc(N)nc(C#Cc3ccc(C#N)cc3)c2cc1OC. The lowest BCUT2D eigenvalue weighted by atomic mass is 10.1. The number of ether oxygens (including phenoxy) is 2. The van der Waals surface area contributed by atoms with Crippen LogP contribution in [-0.2, 0) is 0 Å². The number of methoxy groups -OCH3 is 2. The number of aromatic nitrogens is 2. The van der Waals surface area contributed by atoms with E-state index < -0.39 is 0 Å². The lowest BCUT2D eigenvalue weighted by molar-refractivity contribution is 0.356. The minimum atomic E-state index is 0.129. The molecule has 2 aromatic carbocycles. The van der Waals surface area contributed by atoms with Crippen molar-refractivity contribution in [2.45, 2.75) is 0 Å². The molecule has 0 aliphatic carbocycles. The molecule has 0 atom stereocenters. The number of rotatable bonds is 2. The maximum atomic E-state index is 8.84. The number of nitrogens with zero attached hydrogens (tertiary/aromatic N) is 3.